The Balaban J connectivity index is 4.00. The van der Waals surface area contributed by atoms with Crippen molar-refractivity contribution in [2.75, 3.05) is 13.2 Å². The fraction of sp³-hybridized carbons (Fsp3) is 0.907. The summed E-state index contributed by atoms with van der Waals surface area (Å²) in [5.74, 6) is -0.830. The lowest BCUT2D eigenvalue weighted by Gasteiger charge is -2.18. The Hall–Kier alpha value is -2.11. The van der Waals surface area contributed by atoms with Crippen molar-refractivity contribution in [2.45, 2.75) is 425 Å². The molecule has 0 aliphatic heterocycles. The minimum atomic E-state index is -0.764. The van der Waals surface area contributed by atoms with Gasteiger partial charge in [-0.25, -0.2) is 0 Å². The Labute approximate surface area is 506 Å². The van der Waals surface area contributed by atoms with Gasteiger partial charge in [0.25, 0.3) is 0 Å². The molecule has 0 aromatic heterocycles. The van der Waals surface area contributed by atoms with Gasteiger partial charge in [0.1, 0.15) is 13.2 Å². The molecule has 0 aliphatic carbocycles. The van der Waals surface area contributed by atoms with Crippen LogP contribution in [0.3, 0.4) is 0 Å². The van der Waals surface area contributed by atoms with Crippen LogP contribution in [0.4, 0.5) is 0 Å². The molecule has 0 N–H and O–H groups in total. The highest BCUT2D eigenvalue weighted by molar-refractivity contribution is 5.71. The van der Waals surface area contributed by atoms with Gasteiger partial charge in [-0.1, -0.05) is 373 Å². The minimum Gasteiger partial charge on any atom is -0.462 e. The molecule has 0 fully saturated rings. The number of hydrogen-bond donors (Lipinski definition) is 0. The normalized spacial score (nSPS) is 12.1. The van der Waals surface area contributed by atoms with Gasteiger partial charge in [0.15, 0.2) is 6.10 Å². The Morgan fingerprint density at radius 1 is 0.247 bits per heavy atom. The van der Waals surface area contributed by atoms with Gasteiger partial charge in [0.2, 0.25) is 0 Å². The second-order valence-electron chi connectivity index (χ2n) is 25.2. The van der Waals surface area contributed by atoms with E-state index < -0.39 is 6.10 Å². The number of hydrogen-bond acceptors (Lipinski definition) is 6. The summed E-state index contributed by atoms with van der Waals surface area (Å²) in [7, 11) is 0. The molecule has 0 heterocycles. The molecule has 1 atom stereocenters. The van der Waals surface area contributed by atoms with Gasteiger partial charge in [-0.05, 0) is 51.4 Å². The molecule has 0 aliphatic rings. The largest absolute Gasteiger partial charge is 0.462 e. The van der Waals surface area contributed by atoms with Crippen molar-refractivity contribution >= 4 is 17.9 Å². The fourth-order valence-electron chi connectivity index (χ4n) is 11.4. The Morgan fingerprint density at radius 3 is 0.679 bits per heavy atom. The van der Waals surface area contributed by atoms with Crippen LogP contribution in [-0.2, 0) is 28.6 Å². The molecular formula is C75H142O6. The monoisotopic (exact) mass is 1140 g/mol. The number of unbranched alkanes of at least 4 members (excludes halogenated alkanes) is 54. The number of rotatable bonds is 69. The molecule has 0 aromatic rings. The predicted octanol–water partition coefficient (Wildman–Crippen LogP) is 25.3. The van der Waals surface area contributed by atoms with Crippen molar-refractivity contribution in [1.82, 2.24) is 0 Å². The van der Waals surface area contributed by atoms with Crippen LogP contribution in [0, 0.1) is 0 Å². The summed E-state index contributed by atoms with van der Waals surface area (Å²) in [5.41, 5.74) is 0. The van der Waals surface area contributed by atoms with Crippen molar-refractivity contribution < 1.29 is 28.6 Å². The van der Waals surface area contributed by atoms with E-state index >= 15 is 0 Å². The molecule has 81 heavy (non-hydrogen) atoms. The first-order valence-electron chi connectivity index (χ1n) is 36.8. The summed E-state index contributed by atoms with van der Waals surface area (Å²) in [5, 5.41) is 0. The number of ether oxygens (including phenoxy) is 3. The van der Waals surface area contributed by atoms with Gasteiger partial charge in [0, 0.05) is 19.3 Å². The lowest BCUT2D eigenvalue weighted by atomic mass is 10.0. The summed E-state index contributed by atoms with van der Waals surface area (Å²) in [6, 6.07) is 0. The first kappa shape index (κ1) is 78.9. The lowest BCUT2D eigenvalue weighted by Crippen LogP contribution is -2.30. The zero-order valence-electron chi connectivity index (χ0n) is 55.1. The van der Waals surface area contributed by atoms with Crippen LogP contribution in [0.15, 0.2) is 24.3 Å². The number of carbonyl (C=O) groups excluding carboxylic acids is 3. The van der Waals surface area contributed by atoms with Crippen LogP contribution >= 0.6 is 0 Å². The summed E-state index contributed by atoms with van der Waals surface area (Å²) in [6.07, 6.45) is 86.7. The predicted molar refractivity (Wildman–Crippen MR) is 353 cm³/mol. The summed E-state index contributed by atoms with van der Waals surface area (Å²) in [6.45, 7) is 6.70. The molecule has 6 nitrogen and oxygen atoms in total. The SMILES string of the molecule is CCCCCCC/C=C\C/C=C\CCCCCCCCCCCCCCCCCCCCCCCCCC(=O)OCC(COC(=O)CCCCCCCCCCCC)OC(=O)CCCCCCCCCCCCCCCCCCCC. The summed E-state index contributed by atoms with van der Waals surface area (Å²) >= 11 is 0. The van der Waals surface area contributed by atoms with Crippen molar-refractivity contribution in [3.8, 4) is 0 Å². The van der Waals surface area contributed by atoms with Crippen molar-refractivity contribution in [3.63, 3.8) is 0 Å². The van der Waals surface area contributed by atoms with E-state index in [1.54, 1.807) is 0 Å². The zero-order valence-corrected chi connectivity index (χ0v) is 55.1. The van der Waals surface area contributed by atoms with Gasteiger partial charge < -0.3 is 14.2 Å². The molecule has 0 amide bonds. The average molecular weight is 1140 g/mol. The van der Waals surface area contributed by atoms with Gasteiger partial charge in [-0.15, -0.1) is 0 Å². The molecule has 6 heteroatoms. The summed E-state index contributed by atoms with van der Waals surface area (Å²) in [4.78, 5) is 38.3. The Morgan fingerprint density at radius 2 is 0.444 bits per heavy atom. The maximum absolute atomic E-state index is 12.9. The van der Waals surface area contributed by atoms with Gasteiger partial charge in [-0.2, -0.15) is 0 Å². The van der Waals surface area contributed by atoms with E-state index in [1.807, 2.05) is 0 Å². The van der Waals surface area contributed by atoms with Crippen LogP contribution in [-0.4, -0.2) is 37.2 Å². The first-order chi connectivity index (χ1) is 40.0. The van der Waals surface area contributed by atoms with Gasteiger partial charge in [0.05, 0.1) is 0 Å². The van der Waals surface area contributed by atoms with Crippen LogP contribution in [0.25, 0.3) is 0 Å². The zero-order chi connectivity index (χ0) is 58.5. The third-order valence-electron chi connectivity index (χ3n) is 17.0. The Bertz CT molecular complexity index is 1310. The number of allylic oxidation sites excluding steroid dienone is 4. The van der Waals surface area contributed by atoms with Crippen molar-refractivity contribution in [2.24, 2.45) is 0 Å². The van der Waals surface area contributed by atoms with Crippen LogP contribution in [0.2, 0.25) is 0 Å². The minimum absolute atomic E-state index is 0.0627. The standard InChI is InChI=1S/C75H142O6/c1-4-7-10-13-16-19-22-24-26-28-30-31-32-33-34-35-36-37-38-39-40-41-42-43-44-45-46-48-49-51-53-56-59-62-65-68-74(77)80-71-72(70-79-73(76)67-64-61-58-55-21-18-15-12-9-6-3)81-75(78)69-66-63-60-57-54-52-50-47-29-27-25-23-20-17-14-11-8-5-2/h22,24,28,30,72H,4-21,23,25-27,29,31-71H2,1-3H3/b24-22-,30-28-. The number of esters is 3. The van der Waals surface area contributed by atoms with Gasteiger partial charge >= 0.3 is 17.9 Å². The molecule has 1 unspecified atom stereocenters. The van der Waals surface area contributed by atoms with Crippen LogP contribution < -0.4 is 0 Å². The molecule has 0 saturated carbocycles. The molecule has 0 radical (unpaired) electrons. The average Bonchev–Trinajstić information content (AvgIpc) is 3.47. The van der Waals surface area contributed by atoms with E-state index in [-0.39, 0.29) is 31.1 Å². The highest BCUT2D eigenvalue weighted by Crippen LogP contribution is 2.19. The first-order valence-corrected chi connectivity index (χ1v) is 36.8. The topological polar surface area (TPSA) is 78.9 Å². The second-order valence-corrected chi connectivity index (χ2v) is 25.2. The third kappa shape index (κ3) is 68.6. The molecular weight excluding hydrogens is 997 g/mol. The quantitative estimate of drug-likeness (QED) is 0.0261. The summed E-state index contributed by atoms with van der Waals surface area (Å²) < 4.78 is 17.0. The van der Waals surface area contributed by atoms with E-state index in [4.69, 9.17) is 14.2 Å². The molecule has 0 spiro atoms. The maximum Gasteiger partial charge on any atom is 0.306 e. The van der Waals surface area contributed by atoms with E-state index in [9.17, 15) is 14.4 Å². The van der Waals surface area contributed by atoms with E-state index in [0.717, 1.165) is 64.2 Å². The fourth-order valence-corrected chi connectivity index (χ4v) is 11.4. The van der Waals surface area contributed by atoms with E-state index in [2.05, 4.69) is 45.1 Å². The van der Waals surface area contributed by atoms with Crippen LogP contribution in [0.5, 0.6) is 0 Å². The molecule has 0 bridgehead atoms. The molecule has 0 saturated heterocycles. The van der Waals surface area contributed by atoms with Crippen molar-refractivity contribution in [3.05, 3.63) is 24.3 Å². The molecule has 0 rings (SSSR count). The van der Waals surface area contributed by atoms with Gasteiger partial charge in [-0.3, -0.25) is 14.4 Å². The van der Waals surface area contributed by atoms with E-state index in [1.165, 1.54) is 315 Å². The highest BCUT2D eigenvalue weighted by Gasteiger charge is 2.20. The van der Waals surface area contributed by atoms with E-state index in [0.29, 0.717) is 19.3 Å². The molecule has 478 valence electrons. The second kappa shape index (κ2) is 70.4. The number of carbonyl (C=O) groups is 3. The van der Waals surface area contributed by atoms with Crippen LogP contribution in [0.1, 0.15) is 419 Å². The smallest absolute Gasteiger partial charge is 0.306 e. The highest BCUT2D eigenvalue weighted by atomic mass is 16.6. The third-order valence-corrected chi connectivity index (χ3v) is 17.0. The van der Waals surface area contributed by atoms with Crippen molar-refractivity contribution in [1.29, 1.82) is 0 Å². The molecule has 0 aromatic carbocycles. The maximum atomic E-state index is 12.9. The Kier molecular flexibility index (Phi) is 68.5. The lowest BCUT2D eigenvalue weighted by molar-refractivity contribution is -0.167.